The zero-order valence-corrected chi connectivity index (χ0v) is 11.8. The molecule has 0 bridgehead atoms. The van der Waals surface area contributed by atoms with Gasteiger partial charge in [0.05, 0.1) is 11.6 Å². The fourth-order valence-electron chi connectivity index (χ4n) is 2.39. The highest BCUT2D eigenvalue weighted by molar-refractivity contribution is 5.39. The molecule has 2 N–H and O–H groups in total. The monoisotopic (exact) mass is 293 g/mol. The van der Waals surface area contributed by atoms with Crippen molar-refractivity contribution in [2.24, 2.45) is 5.73 Å². The van der Waals surface area contributed by atoms with Crippen LogP contribution in [0.25, 0.3) is 0 Å². The molecular formula is C17H18F3N. The number of hydrogen-bond donors (Lipinski definition) is 1. The second-order valence-electron chi connectivity index (χ2n) is 5.05. The summed E-state index contributed by atoms with van der Waals surface area (Å²) in [4.78, 5) is 0. The molecule has 0 aromatic heterocycles. The summed E-state index contributed by atoms with van der Waals surface area (Å²) in [5.74, 6) is 0. The third kappa shape index (κ3) is 3.64. The van der Waals surface area contributed by atoms with Crippen molar-refractivity contribution in [3.05, 3.63) is 70.8 Å². The van der Waals surface area contributed by atoms with E-state index in [0.29, 0.717) is 5.56 Å². The molecule has 0 radical (unpaired) electrons. The normalized spacial score (nSPS) is 13.2. The molecule has 0 spiro atoms. The Bertz CT molecular complexity index is 588. The van der Waals surface area contributed by atoms with Crippen LogP contribution in [-0.4, -0.2) is 0 Å². The van der Waals surface area contributed by atoms with Crippen molar-refractivity contribution in [3.8, 4) is 0 Å². The Balaban J connectivity index is 2.34. The first-order valence-electron chi connectivity index (χ1n) is 6.94. The topological polar surface area (TPSA) is 26.0 Å². The van der Waals surface area contributed by atoms with E-state index in [-0.39, 0.29) is 5.56 Å². The summed E-state index contributed by atoms with van der Waals surface area (Å²) < 4.78 is 39.1. The van der Waals surface area contributed by atoms with E-state index in [9.17, 15) is 13.2 Å². The molecular weight excluding hydrogens is 275 g/mol. The van der Waals surface area contributed by atoms with Crippen molar-refractivity contribution in [1.82, 2.24) is 0 Å². The maximum atomic E-state index is 13.0. The van der Waals surface area contributed by atoms with E-state index >= 15 is 0 Å². The van der Waals surface area contributed by atoms with Crippen LogP contribution in [0.5, 0.6) is 0 Å². The second-order valence-corrected chi connectivity index (χ2v) is 5.05. The largest absolute Gasteiger partial charge is 0.416 e. The molecule has 0 aliphatic carbocycles. The minimum absolute atomic E-state index is 0.105. The van der Waals surface area contributed by atoms with Gasteiger partial charge in [0.15, 0.2) is 0 Å². The number of halogens is 3. The summed E-state index contributed by atoms with van der Waals surface area (Å²) in [5.41, 5.74) is 7.32. The van der Waals surface area contributed by atoms with Gasteiger partial charge in [0, 0.05) is 0 Å². The van der Waals surface area contributed by atoms with Gasteiger partial charge in [-0.05, 0) is 29.2 Å². The third-order valence-corrected chi connectivity index (χ3v) is 3.48. The number of aryl methyl sites for hydroxylation is 1. The van der Waals surface area contributed by atoms with Crippen molar-refractivity contribution in [1.29, 1.82) is 0 Å². The molecule has 0 amide bonds. The Morgan fingerprint density at radius 2 is 1.62 bits per heavy atom. The number of hydrogen-bond acceptors (Lipinski definition) is 1. The van der Waals surface area contributed by atoms with E-state index in [1.807, 2.05) is 24.3 Å². The van der Waals surface area contributed by atoms with Crippen LogP contribution in [-0.2, 0) is 12.6 Å². The lowest BCUT2D eigenvalue weighted by Crippen LogP contribution is -2.18. The van der Waals surface area contributed by atoms with Gasteiger partial charge in [-0.3, -0.25) is 0 Å². The highest BCUT2D eigenvalue weighted by Crippen LogP contribution is 2.35. The molecule has 0 fully saturated rings. The minimum Gasteiger partial charge on any atom is -0.320 e. The highest BCUT2D eigenvalue weighted by atomic mass is 19.4. The first kappa shape index (κ1) is 15.6. The van der Waals surface area contributed by atoms with Crippen molar-refractivity contribution < 1.29 is 13.2 Å². The molecule has 2 rings (SSSR count). The molecule has 21 heavy (non-hydrogen) atoms. The summed E-state index contributed by atoms with van der Waals surface area (Å²) >= 11 is 0. The van der Waals surface area contributed by atoms with E-state index in [1.165, 1.54) is 12.1 Å². The van der Waals surface area contributed by atoms with Gasteiger partial charge >= 0.3 is 6.18 Å². The Labute approximate surface area is 122 Å². The zero-order chi connectivity index (χ0) is 15.5. The summed E-state index contributed by atoms with van der Waals surface area (Å²) in [6, 6.07) is 12.2. The average molecular weight is 293 g/mol. The minimum atomic E-state index is -4.39. The second kappa shape index (κ2) is 6.31. The van der Waals surface area contributed by atoms with Gasteiger partial charge in [-0.2, -0.15) is 13.2 Å². The van der Waals surface area contributed by atoms with E-state index in [1.54, 1.807) is 6.07 Å². The van der Waals surface area contributed by atoms with Gasteiger partial charge in [-0.15, -0.1) is 0 Å². The van der Waals surface area contributed by atoms with Crippen LogP contribution < -0.4 is 5.73 Å². The van der Waals surface area contributed by atoms with Crippen LogP contribution in [0.15, 0.2) is 48.5 Å². The Kier molecular flexibility index (Phi) is 4.68. The molecule has 4 heteroatoms. The van der Waals surface area contributed by atoms with Crippen LogP contribution in [0.1, 0.15) is 41.6 Å². The zero-order valence-electron chi connectivity index (χ0n) is 11.8. The van der Waals surface area contributed by atoms with Crippen LogP contribution >= 0.6 is 0 Å². The Morgan fingerprint density at radius 3 is 2.19 bits per heavy atom. The lowest BCUT2D eigenvalue weighted by molar-refractivity contribution is -0.138. The van der Waals surface area contributed by atoms with E-state index in [2.05, 4.69) is 6.92 Å². The van der Waals surface area contributed by atoms with Crippen molar-refractivity contribution in [2.75, 3.05) is 0 Å². The van der Waals surface area contributed by atoms with Crippen LogP contribution in [0.2, 0.25) is 0 Å². The summed E-state index contributed by atoms with van der Waals surface area (Å²) in [6.45, 7) is 2.08. The van der Waals surface area contributed by atoms with Gasteiger partial charge in [-0.25, -0.2) is 0 Å². The molecule has 0 saturated heterocycles. The molecule has 0 saturated carbocycles. The summed E-state index contributed by atoms with van der Waals surface area (Å²) in [6.07, 6.45) is -2.41. The van der Waals surface area contributed by atoms with Gasteiger partial charge in [0.25, 0.3) is 0 Å². The SMILES string of the molecule is CCCc1ccc(C(N)c2ccccc2C(F)(F)F)cc1. The van der Waals surface area contributed by atoms with E-state index in [0.717, 1.165) is 24.5 Å². The molecule has 1 atom stereocenters. The summed E-state index contributed by atoms with van der Waals surface area (Å²) in [7, 11) is 0. The first-order valence-corrected chi connectivity index (χ1v) is 6.94. The number of nitrogens with two attached hydrogens (primary N) is 1. The van der Waals surface area contributed by atoms with Gasteiger partial charge in [0.2, 0.25) is 0 Å². The maximum absolute atomic E-state index is 13.0. The van der Waals surface area contributed by atoms with Crippen molar-refractivity contribution in [2.45, 2.75) is 32.0 Å². The maximum Gasteiger partial charge on any atom is 0.416 e. The molecule has 1 nitrogen and oxygen atoms in total. The quantitative estimate of drug-likeness (QED) is 0.868. The number of benzene rings is 2. The van der Waals surface area contributed by atoms with Crippen molar-refractivity contribution in [3.63, 3.8) is 0 Å². The van der Waals surface area contributed by atoms with Crippen LogP contribution in [0, 0.1) is 0 Å². The van der Waals surface area contributed by atoms with Crippen LogP contribution in [0.4, 0.5) is 13.2 Å². The van der Waals surface area contributed by atoms with E-state index < -0.39 is 17.8 Å². The molecule has 0 heterocycles. The first-order chi connectivity index (χ1) is 9.93. The molecule has 112 valence electrons. The highest BCUT2D eigenvalue weighted by Gasteiger charge is 2.34. The average Bonchev–Trinajstić information content (AvgIpc) is 2.47. The molecule has 0 aliphatic rings. The van der Waals surface area contributed by atoms with Gasteiger partial charge < -0.3 is 5.73 Å². The fourth-order valence-corrected chi connectivity index (χ4v) is 2.39. The lowest BCUT2D eigenvalue weighted by atomic mass is 9.94. The smallest absolute Gasteiger partial charge is 0.320 e. The molecule has 2 aromatic carbocycles. The third-order valence-electron chi connectivity index (χ3n) is 3.48. The summed E-state index contributed by atoms with van der Waals surface area (Å²) in [5, 5.41) is 0. The Morgan fingerprint density at radius 1 is 1.00 bits per heavy atom. The predicted molar refractivity (Wildman–Crippen MR) is 77.9 cm³/mol. The lowest BCUT2D eigenvalue weighted by Gasteiger charge is -2.18. The predicted octanol–water partition coefficient (Wildman–Crippen LogP) is 4.71. The van der Waals surface area contributed by atoms with E-state index in [4.69, 9.17) is 5.73 Å². The Hall–Kier alpha value is -1.81. The molecule has 2 aromatic rings. The van der Waals surface area contributed by atoms with Crippen LogP contribution in [0.3, 0.4) is 0 Å². The molecule has 0 aliphatic heterocycles. The van der Waals surface area contributed by atoms with Gasteiger partial charge in [-0.1, -0.05) is 55.8 Å². The molecule has 1 unspecified atom stereocenters. The van der Waals surface area contributed by atoms with Crippen molar-refractivity contribution >= 4 is 0 Å². The number of alkyl halides is 3. The fraction of sp³-hybridized carbons (Fsp3) is 0.294. The standard InChI is InChI=1S/C17H18F3N/c1-2-5-12-8-10-13(11-9-12)16(21)14-6-3-4-7-15(14)17(18,19)20/h3-4,6-11,16H,2,5,21H2,1H3. The van der Waals surface area contributed by atoms with Gasteiger partial charge in [0.1, 0.15) is 0 Å². The number of rotatable bonds is 4.